The van der Waals surface area contributed by atoms with Gasteiger partial charge in [0, 0.05) is 18.8 Å². The quantitative estimate of drug-likeness (QED) is 0.911. The summed E-state index contributed by atoms with van der Waals surface area (Å²) in [5.74, 6) is -1.24. The van der Waals surface area contributed by atoms with E-state index < -0.39 is 18.2 Å². The van der Waals surface area contributed by atoms with E-state index in [2.05, 4.69) is 0 Å². The maximum atomic E-state index is 12.8. The minimum Gasteiger partial charge on any atom is -0.388 e. The van der Waals surface area contributed by atoms with Crippen molar-refractivity contribution >= 4 is 5.69 Å². The van der Waals surface area contributed by atoms with Crippen molar-refractivity contribution in [2.75, 3.05) is 18.0 Å². The molecule has 0 amide bonds. The molecule has 1 N–H and O–H groups in total. The number of aliphatic hydroxyl groups excluding tert-OH is 1. The third-order valence-corrected chi connectivity index (χ3v) is 3.91. The fourth-order valence-corrected chi connectivity index (χ4v) is 2.62. The lowest BCUT2D eigenvalue weighted by Crippen LogP contribution is -2.41. The number of rotatable bonds is 3. The predicted molar refractivity (Wildman–Crippen MR) is 72.7 cm³/mol. The minimum atomic E-state index is -4.11. The first-order valence-electron chi connectivity index (χ1n) is 7.01. The highest BCUT2D eigenvalue weighted by Crippen LogP contribution is 2.35. The number of hydrogen-bond acceptors (Lipinski definition) is 2. The first-order chi connectivity index (χ1) is 9.41. The summed E-state index contributed by atoms with van der Waals surface area (Å²) in [6.45, 7) is 2.57. The Hall–Kier alpha value is -1.23. The zero-order valence-electron chi connectivity index (χ0n) is 11.5. The molecular weight excluding hydrogens is 267 g/mol. The lowest BCUT2D eigenvalue weighted by atomic mass is 9.96. The summed E-state index contributed by atoms with van der Waals surface area (Å²) in [7, 11) is 0. The maximum absolute atomic E-state index is 12.8. The summed E-state index contributed by atoms with van der Waals surface area (Å²) in [4.78, 5) is 1.78. The maximum Gasteiger partial charge on any atom is 0.393 e. The SMILES string of the molecule is CC[C@@H](O)c1ccc(N2CCCC(C(F)(F)F)C2)cc1. The van der Waals surface area contributed by atoms with E-state index >= 15 is 0 Å². The standard InChI is InChI=1S/C15H20F3NO/c1-2-14(20)11-5-7-13(8-6-11)19-9-3-4-12(10-19)15(16,17)18/h5-8,12,14,20H,2-4,9-10H2,1H3/t12?,14-/m1/s1. The van der Waals surface area contributed by atoms with Gasteiger partial charge in [0.05, 0.1) is 12.0 Å². The molecule has 0 radical (unpaired) electrons. The van der Waals surface area contributed by atoms with Gasteiger partial charge in [-0.2, -0.15) is 13.2 Å². The van der Waals surface area contributed by atoms with E-state index in [0.717, 1.165) is 11.3 Å². The van der Waals surface area contributed by atoms with Gasteiger partial charge >= 0.3 is 6.18 Å². The Bertz CT molecular complexity index is 430. The van der Waals surface area contributed by atoms with E-state index in [1.807, 2.05) is 6.92 Å². The molecule has 112 valence electrons. The van der Waals surface area contributed by atoms with Gasteiger partial charge in [0.2, 0.25) is 0 Å². The van der Waals surface area contributed by atoms with Gasteiger partial charge < -0.3 is 10.0 Å². The Morgan fingerprint density at radius 2 is 1.95 bits per heavy atom. The van der Waals surface area contributed by atoms with Crippen molar-refractivity contribution < 1.29 is 18.3 Å². The van der Waals surface area contributed by atoms with Crippen LogP contribution in [-0.2, 0) is 0 Å². The van der Waals surface area contributed by atoms with Crippen molar-refractivity contribution in [1.82, 2.24) is 0 Å². The number of piperidine rings is 1. The van der Waals surface area contributed by atoms with E-state index in [-0.39, 0.29) is 13.0 Å². The van der Waals surface area contributed by atoms with Crippen molar-refractivity contribution in [2.45, 2.75) is 38.5 Å². The highest BCUT2D eigenvalue weighted by atomic mass is 19.4. The summed E-state index contributed by atoms with van der Waals surface area (Å²) >= 11 is 0. The van der Waals surface area contributed by atoms with Crippen molar-refractivity contribution in [3.8, 4) is 0 Å². The molecule has 0 bridgehead atoms. The number of hydrogen-bond donors (Lipinski definition) is 1. The van der Waals surface area contributed by atoms with Crippen LogP contribution in [-0.4, -0.2) is 24.4 Å². The molecule has 2 nitrogen and oxygen atoms in total. The molecule has 1 aromatic rings. The van der Waals surface area contributed by atoms with Gasteiger partial charge in [-0.05, 0) is 37.0 Å². The third-order valence-electron chi connectivity index (χ3n) is 3.91. The third kappa shape index (κ3) is 3.45. The molecule has 2 rings (SSSR count). The van der Waals surface area contributed by atoms with E-state index in [1.54, 1.807) is 29.2 Å². The molecule has 0 aromatic heterocycles. The average Bonchev–Trinajstić information content (AvgIpc) is 2.46. The van der Waals surface area contributed by atoms with E-state index in [4.69, 9.17) is 0 Å². The van der Waals surface area contributed by atoms with Crippen LogP contribution in [0.15, 0.2) is 24.3 Å². The molecular formula is C15H20F3NO. The van der Waals surface area contributed by atoms with Gasteiger partial charge in [-0.25, -0.2) is 0 Å². The fraction of sp³-hybridized carbons (Fsp3) is 0.600. The van der Waals surface area contributed by atoms with Crippen LogP contribution in [0.4, 0.5) is 18.9 Å². The highest BCUT2D eigenvalue weighted by molar-refractivity contribution is 5.48. The number of benzene rings is 1. The molecule has 1 unspecified atom stereocenters. The molecule has 20 heavy (non-hydrogen) atoms. The largest absolute Gasteiger partial charge is 0.393 e. The smallest absolute Gasteiger partial charge is 0.388 e. The lowest BCUT2D eigenvalue weighted by molar-refractivity contribution is -0.175. The molecule has 0 spiro atoms. The van der Waals surface area contributed by atoms with Crippen molar-refractivity contribution in [1.29, 1.82) is 0 Å². The monoisotopic (exact) mass is 287 g/mol. The van der Waals surface area contributed by atoms with Crippen LogP contribution in [0.2, 0.25) is 0 Å². The second kappa shape index (κ2) is 6.04. The summed E-state index contributed by atoms with van der Waals surface area (Å²) in [5.41, 5.74) is 1.60. The Kier molecular flexibility index (Phi) is 4.58. The normalized spacial score (nSPS) is 21.9. The van der Waals surface area contributed by atoms with Gasteiger partial charge in [0.25, 0.3) is 0 Å². The van der Waals surface area contributed by atoms with Crippen LogP contribution >= 0.6 is 0 Å². The van der Waals surface area contributed by atoms with Gasteiger partial charge in [-0.15, -0.1) is 0 Å². The Morgan fingerprint density at radius 3 is 2.50 bits per heavy atom. The summed E-state index contributed by atoms with van der Waals surface area (Å²) in [6.07, 6.45) is -3.22. The number of halogens is 3. The van der Waals surface area contributed by atoms with E-state index in [9.17, 15) is 18.3 Å². The molecule has 1 aliphatic heterocycles. The Morgan fingerprint density at radius 1 is 1.30 bits per heavy atom. The topological polar surface area (TPSA) is 23.5 Å². The average molecular weight is 287 g/mol. The number of aliphatic hydroxyl groups is 1. The van der Waals surface area contributed by atoms with Crippen molar-refractivity contribution in [3.63, 3.8) is 0 Å². The Balaban J connectivity index is 2.07. The summed E-state index contributed by atoms with van der Waals surface area (Å²) < 4.78 is 38.4. The summed E-state index contributed by atoms with van der Waals surface area (Å²) in [6, 6.07) is 7.18. The van der Waals surface area contributed by atoms with Crippen LogP contribution in [0.1, 0.15) is 37.9 Å². The van der Waals surface area contributed by atoms with E-state index in [0.29, 0.717) is 19.4 Å². The molecule has 0 aliphatic carbocycles. The second-order valence-corrected chi connectivity index (χ2v) is 5.34. The van der Waals surface area contributed by atoms with Crippen LogP contribution in [0.3, 0.4) is 0 Å². The van der Waals surface area contributed by atoms with E-state index in [1.165, 1.54) is 0 Å². The molecule has 2 atom stereocenters. The second-order valence-electron chi connectivity index (χ2n) is 5.34. The molecule has 1 aliphatic rings. The van der Waals surface area contributed by atoms with Gasteiger partial charge in [-0.3, -0.25) is 0 Å². The van der Waals surface area contributed by atoms with Crippen molar-refractivity contribution in [2.24, 2.45) is 5.92 Å². The van der Waals surface area contributed by atoms with Crippen LogP contribution in [0.5, 0.6) is 0 Å². The van der Waals surface area contributed by atoms with Crippen LogP contribution in [0.25, 0.3) is 0 Å². The number of anilines is 1. The minimum absolute atomic E-state index is 0.0270. The molecule has 5 heteroatoms. The zero-order valence-corrected chi connectivity index (χ0v) is 11.5. The highest BCUT2D eigenvalue weighted by Gasteiger charge is 2.41. The first-order valence-corrected chi connectivity index (χ1v) is 7.01. The summed E-state index contributed by atoms with van der Waals surface area (Å²) in [5, 5.41) is 9.72. The zero-order chi connectivity index (χ0) is 14.8. The van der Waals surface area contributed by atoms with Gasteiger partial charge in [0.15, 0.2) is 0 Å². The molecule has 1 fully saturated rings. The first kappa shape index (κ1) is 15.2. The van der Waals surface area contributed by atoms with Crippen LogP contribution < -0.4 is 4.90 Å². The van der Waals surface area contributed by atoms with Crippen LogP contribution in [0, 0.1) is 5.92 Å². The molecule has 0 saturated carbocycles. The van der Waals surface area contributed by atoms with Gasteiger partial charge in [0.1, 0.15) is 0 Å². The predicted octanol–water partition coefficient (Wildman–Crippen LogP) is 3.91. The lowest BCUT2D eigenvalue weighted by Gasteiger charge is -2.35. The molecule has 1 heterocycles. The fourth-order valence-electron chi connectivity index (χ4n) is 2.62. The van der Waals surface area contributed by atoms with Gasteiger partial charge in [-0.1, -0.05) is 19.1 Å². The number of alkyl halides is 3. The van der Waals surface area contributed by atoms with Crippen molar-refractivity contribution in [3.05, 3.63) is 29.8 Å². The Labute approximate surface area is 117 Å². The molecule has 1 aromatic carbocycles. The molecule has 1 saturated heterocycles. The number of nitrogens with zero attached hydrogens (tertiary/aromatic N) is 1.